The third-order valence-electron chi connectivity index (χ3n) is 3.78. The highest BCUT2D eigenvalue weighted by molar-refractivity contribution is 5.99. The van der Waals surface area contributed by atoms with Crippen LogP contribution in [-0.2, 0) is 0 Å². The Morgan fingerprint density at radius 1 is 0.917 bits per heavy atom. The van der Waals surface area contributed by atoms with Crippen molar-refractivity contribution in [2.45, 2.75) is 6.92 Å². The molecule has 0 saturated heterocycles. The first-order valence-corrected chi connectivity index (χ1v) is 7.77. The number of benzene rings is 2. The summed E-state index contributed by atoms with van der Waals surface area (Å²) >= 11 is 0. The van der Waals surface area contributed by atoms with E-state index in [-0.39, 0.29) is 5.91 Å². The second-order valence-corrected chi connectivity index (χ2v) is 5.89. The molecule has 0 unspecified atom stereocenters. The second-order valence-electron chi connectivity index (χ2n) is 5.89. The first-order chi connectivity index (χ1) is 11.6. The van der Waals surface area contributed by atoms with Gasteiger partial charge in [0.05, 0.1) is 11.3 Å². The molecule has 120 valence electrons. The molecule has 0 atom stereocenters. The summed E-state index contributed by atoms with van der Waals surface area (Å²) in [6, 6.07) is 17.8. The van der Waals surface area contributed by atoms with Gasteiger partial charge in [0.15, 0.2) is 5.82 Å². The Morgan fingerprint density at radius 3 is 2.21 bits per heavy atom. The molecule has 1 aromatic heterocycles. The van der Waals surface area contributed by atoms with Gasteiger partial charge in [0.1, 0.15) is 0 Å². The van der Waals surface area contributed by atoms with Gasteiger partial charge >= 0.3 is 0 Å². The van der Waals surface area contributed by atoms with Crippen LogP contribution in [0.2, 0.25) is 0 Å². The van der Waals surface area contributed by atoms with Gasteiger partial charge in [-0.3, -0.25) is 4.79 Å². The van der Waals surface area contributed by atoms with E-state index in [2.05, 4.69) is 9.97 Å². The van der Waals surface area contributed by atoms with Crippen LogP contribution in [0.25, 0.3) is 22.6 Å². The van der Waals surface area contributed by atoms with E-state index in [0.717, 1.165) is 16.7 Å². The third kappa shape index (κ3) is 3.18. The lowest BCUT2D eigenvalue weighted by atomic mass is 10.0. The Balaban J connectivity index is 2.17. The van der Waals surface area contributed by atoms with Crippen molar-refractivity contribution in [1.29, 1.82) is 0 Å². The number of hydrogen-bond donors (Lipinski definition) is 0. The van der Waals surface area contributed by atoms with E-state index in [1.807, 2.05) is 61.5 Å². The molecule has 3 aromatic rings. The summed E-state index contributed by atoms with van der Waals surface area (Å²) in [5, 5.41) is 0. The number of hydrogen-bond acceptors (Lipinski definition) is 3. The number of aromatic nitrogens is 2. The molecule has 0 spiro atoms. The van der Waals surface area contributed by atoms with Gasteiger partial charge in [0, 0.05) is 31.4 Å². The van der Waals surface area contributed by atoms with Crippen LogP contribution in [0.4, 0.5) is 0 Å². The van der Waals surface area contributed by atoms with Gasteiger partial charge in [0.25, 0.3) is 5.91 Å². The Hall–Kier alpha value is -3.01. The highest BCUT2D eigenvalue weighted by Gasteiger charge is 2.18. The minimum Gasteiger partial charge on any atom is -0.345 e. The molecule has 4 heteroatoms. The van der Waals surface area contributed by atoms with E-state index in [1.54, 1.807) is 25.2 Å². The maximum Gasteiger partial charge on any atom is 0.257 e. The molecular formula is C20H19N3O. The van der Waals surface area contributed by atoms with Crippen molar-refractivity contribution in [2.75, 3.05) is 14.1 Å². The van der Waals surface area contributed by atoms with Gasteiger partial charge < -0.3 is 4.90 Å². The van der Waals surface area contributed by atoms with E-state index in [0.29, 0.717) is 17.1 Å². The third-order valence-corrected chi connectivity index (χ3v) is 3.78. The minimum atomic E-state index is -0.106. The molecular weight excluding hydrogens is 298 g/mol. The van der Waals surface area contributed by atoms with Gasteiger partial charge in [-0.05, 0) is 6.92 Å². The predicted octanol–water partition coefficient (Wildman–Crippen LogP) is 3.82. The first kappa shape index (κ1) is 15.9. The van der Waals surface area contributed by atoms with Gasteiger partial charge in [-0.25, -0.2) is 9.97 Å². The lowest BCUT2D eigenvalue weighted by Gasteiger charge is -2.14. The summed E-state index contributed by atoms with van der Waals surface area (Å²) in [5.74, 6) is 0.506. The highest BCUT2D eigenvalue weighted by Crippen LogP contribution is 2.25. The molecule has 0 aliphatic rings. The van der Waals surface area contributed by atoms with Crippen LogP contribution < -0.4 is 0 Å². The predicted molar refractivity (Wildman–Crippen MR) is 95.7 cm³/mol. The van der Waals surface area contributed by atoms with Crippen LogP contribution in [0.5, 0.6) is 0 Å². The van der Waals surface area contributed by atoms with Crippen molar-refractivity contribution in [3.63, 3.8) is 0 Å². The molecule has 0 fully saturated rings. The quantitative estimate of drug-likeness (QED) is 0.738. The maximum atomic E-state index is 12.5. The van der Waals surface area contributed by atoms with Crippen molar-refractivity contribution in [1.82, 2.24) is 14.9 Å². The average molecular weight is 317 g/mol. The van der Waals surface area contributed by atoms with Crippen molar-refractivity contribution >= 4 is 5.91 Å². The number of aryl methyl sites for hydroxylation is 1. The topological polar surface area (TPSA) is 46.1 Å². The zero-order chi connectivity index (χ0) is 17.1. The molecule has 3 rings (SSSR count). The normalized spacial score (nSPS) is 10.5. The average Bonchev–Trinajstić information content (AvgIpc) is 2.62. The van der Waals surface area contributed by atoms with E-state index in [4.69, 9.17) is 0 Å². The molecule has 1 amide bonds. The molecule has 4 nitrogen and oxygen atoms in total. The number of rotatable bonds is 3. The van der Waals surface area contributed by atoms with Gasteiger partial charge in [-0.15, -0.1) is 0 Å². The van der Waals surface area contributed by atoms with Gasteiger partial charge in [-0.2, -0.15) is 0 Å². The SMILES string of the molecule is Cc1ccc(-c2nc(-c3ccccc3)ncc2C(=O)N(C)C)cc1. The highest BCUT2D eigenvalue weighted by atomic mass is 16.2. The second kappa shape index (κ2) is 6.62. The van der Waals surface area contributed by atoms with Crippen molar-refractivity contribution < 1.29 is 4.79 Å². The van der Waals surface area contributed by atoms with Crippen LogP contribution >= 0.6 is 0 Å². The number of carbonyl (C=O) groups is 1. The van der Waals surface area contributed by atoms with E-state index >= 15 is 0 Å². The molecule has 0 saturated carbocycles. The fraction of sp³-hybridized carbons (Fsp3) is 0.150. The Labute approximate surface area is 141 Å². The zero-order valence-corrected chi connectivity index (χ0v) is 14.0. The van der Waals surface area contributed by atoms with Gasteiger partial charge in [-0.1, -0.05) is 60.2 Å². The fourth-order valence-corrected chi connectivity index (χ4v) is 2.44. The fourth-order valence-electron chi connectivity index (χ4n) is 2.44. The molecule has 0 bridgehead atoms. The van der Waals surface area contributed by atoms with Crippen LogP contribution in [0.15, 0.2) is 60.8 Å². The lowest BCUT2D eigenvalue weighted by Crippen LogP contribution is -2.23. The van der Waals surface area contributed by atoms with E-state index < -0.39 is 0 Å². The van der Waals surface area contributed by atoms with Crippen molar-refractivity contribution in [3.05, 3.63) is 71.9 Å². The zero-order valence-electron chi connectivity index (χ0n) is 14.0. The first-order valence-electron chi connectivity index (χ1n) is 7.77. The molecule has 0 aliphatic carbocycles. The minimum absolute atomic E-state index is 0.106. The van der Waals surface area contributed by atoms with Crippen molar-refractivity contribution in [3.8, 4) is 22.6 Å². The number of nitrogens with zero attached hydrogens (tertiary/aromatic N) is 3. The summed E-state index contributed by atoms with van der Waals surface area (Å²) in [6.45, 7) is 2.03. The summed E-state index contributed by atoms with van der Waals surface area (Å²) < 4.78 is 0. The Bertz CT molecular complexity index is 856. The summed E-state index contributed by atoms with van der Waals surface area (Å²) in [4.78, 5) is 23.1. The van der Waals surface area contributed by atoms with E-state index in [1.165, 1.54) is 0 Å². The van der Waals surface area contributed by atoms with Gasteiger partial charge in [0.2, 0.25) is 0 Å². The number of carbonyl (C=O) groups excluding carboxylic acids is 1. The maximum absolute atomic E-state index is 12.5. The van der Waals surface area contributed by atoms with Crippen LogP contribution in [0.1, 0.15) is 15.9 Å². The summed E-state index contributed by atoms with van der Waals surface area (Å²) in [6.07, 6.45) is 1.62. The monoisotopic (exact) mass is 317 g/mol. The molecule has 1 heterocycles. The molecule has 0 N–H and O–H groups in total. The van der Waals surface area contributed by atoms with Crippen LogP contribution in [0, 0.1) is 6.92 Å². The van der Waals surface area contributed by atoms with E-state index in [9.17, 15) is 4.79 Å². The Morgan fingerprint density at radius 2 is 1.58 bits per heavy atom. The van der Waals surface area contributed by atoms with Crippen molar-refractivity contribution in [2.24, 2.45) is 0 Å². The summed E-state index contributed by atoms with van der Waals surface area (Å²) in [7, 11) is 3.46. The largest absolute Gasteiger partial charge is 0.345 e. The molecule has 0 radical (unpaired) electrons. The number of amides is 1. The summed E-state index contributed by atoms with van der Waals surface area (Å²) in [5.41, 5.74) is 4.16. The molecule has 24 heavy (non-hydrogen) atoms. The standard InChI is InChI=1S/C20H19N3O/c1-14-9-11-15(12-10-14)18-17(20(24)23(2)3)13-21-19(22-18)16-7-5-4-6-8-16/h4-13H,1-3H3. The molecule has 0 aliphatic heterocycles. The van der Waals surface area contributed by atoms with Crippen LogP contribution in [0.3, 0.4) is 0 Å². The molecule has 2 aromatic carbocycles. The smallest absolute Gasteiger partial charge is 0.257 e. The Kier molecular flexibility index (Phi) is 4.38. The lowest BCUT2D eigenvalue weighted by molar-refractivity contribution is 0.0827. The van der Waals surface area contributed by atoms with Crippen LogP contribution in [-0.4, -0.2) is 34.9 Å².